The lowest BCUT2D eigenvalue weighted by atomic mass is 10.1. The van der Waals surface area contributed by atoms with Crippen LogP contribution in [0.5, 0.6) is 0 Å². The number of thioether (sulfide) groups is 1. The molecule has 2 aliphatic heterocycles. The molecule has 11 heteroatoms. The van der Waals surface area contributed by atoms with Crippen LogP contribution in [0.25, 0.3) is 0 Å². The Morgan fingerprint density at radius 2 is 1.84 bits per heavy atom. The van der Waals surface area contributed by atoms with Gasteiger partial charge in [0.15, 0.2) is 5.17 Å². The van der Waals surface area contributed by atoms with E-state index in [4.69, 9.17) is 9.15 Å². The fourth-order valence-corrected chi connectivity index (χ4v) is 6.31. The van der Waals surface area contributed by atoms with Gasteiger partial charge in [-0.05, 0) is 66.4 Å². The molecular weight excluding hydrogens is 583 g/mol. The largest absolute Gasteiger partial charge is 0.467 e. The molecule has 0 spiro atoms. The Bertz CT molecular complexity index is 1660. The number of anilines is 1. The lowest BCUT2D eigenvalue weighted by Crippen LogP contribution is -2.43. The van der Waals surface area contributed by atoms with Crippen LogP contribution in [0.4, 0.5) is 20.6 Å². The maximum atomic E-state index is 13.8. The zero-order chi connectivity index (χ0) is 30.5. The van der Waals surface area contributed by atoms with Gasteiger partial charge in [-0.1, -0.05) is 60.3 Å². The van der Waals surface area contributed by atoms with Crippen molar-refractivity contribution in [1.29, 1.82) is 0 Å². The average Bonchev–Trinajstić information content (AvgIpc) is 3.80. The van der Waals surface area contributed by atoms with Gasteiger partial charge in [-0.15, -0.1) is 0 Å². The van der Waals surface area contributed by atoms with Crippen molar-refractivity contribution in [2.24, 2.45) is 4.99 Å². The summed E-state index contributed by atoms with van der Waals surface area (Å²) >= 11 is 1.27. The molecular formula is C33H29FN4O5S. The Labute approximate surface area is 257 Å². The number of amides is 3. The normalized spacial score (nSPS) is 19.0. The quantitative estimate of drug-likeness (QED) is 0.239. The number of amidine groups is 1. The number of halogens is 1. The Balaban J connectivity index is 1.12. The van der Waals surface area contributed by atoms with E-state index in [9.17, 15) is 18.8 Å². The van der Waals surface area contributed by atoms with Gasteiger partial charge >= 0.3 is 6.09 Å². The SMILES string of the molecule is O=C(Nc1ccc(C2S/C(=N\c3cccc(F)c3)N(Cc3ccco3)C2=O)cc1)[C@@H]1CCCN1C(=O)OCc1ccccc1. The summed E-state index contributed by atoms with van der Waals surface area (Å²) in [6, 6.07) is 25.2. The van der Waals surface area contributed by atoms with E-state index in [0.29, 0.717) is 41.7 Å². The van der Waals surface area contributed by atoms with Crippen molar-refractivity contribution in [3.8, 4) is 0 Å². The first-order valence-electron chi connectivity index (χ1n) is 14.2. The van der Waals surface area contributed by atoms with Crippen LogP contribution in [-0.2, 0) is 27.5 Å². The summed E-state index contributed by atoms with van der Waals surface area (Å²) in [7, 11) is 0. The molecule has 4 aromatic rings. The minimum Gasteiger partial charge on any atom is -0.467 e. The fraction of sp³-hybridized carbons (Fsp3) is 0.212. The first-order valence-corrected chi connectivity index (χ1v) is 15.1. The second-order valence-electron chi connectivity index (χ2n) is 10.4. The number of ether oxygens (including phenoxy) is 1. The highest BCUT2D eigenvalue weighted by Gasteiger charge is 2.40. The highest BCUT2D eigenvalue weighted by atomic mass is 32.2. The summed E-state index contributed by atoms with van der Waals surface area (Å²) in [5, 5.41) is 2.73. The molecule has 2 aliphatic rings. The molecule has 0 bridgehead atoms. The molecule has 2 fully saturated rings. The van der Waals surface area contributed by atoms with Crippen LogP contribution in [0.3, 0.4) is 0 Å². The van der Waals surface area contributed by atoms with E-state index < -0.39 is 23.2 Å². The van der Waals surface area contributed by atoms with Crippen molar-refractivity contribution in [2.45, 2.75) is 37.3 Å². The van der Waals surface area contributed by atoms with Gasteiger partial charge in [0.1, 0.15) is 29.5 Å². The summed E-state index contributed by atoms with van der Waals surface area (Å²) in [5.41, 5.74) is 2.53. The smallest absolute Gasteiger partial charge is 0.410 e. The highest BCUT2D eigenvalue weighted by molar-refractivity contribution is 8.15. The minimum atomic E-state index is -0.637. The Morgan fingerprint density at radius 1 is 1.02 bits per heavy atom. The molecule has 6 rings (SSSR count). The summed E-state index contributed by atoms with van der Waals surface area (Å²) in [4.78, 5) is 47.0. The van der Waals surface area contributed by atoms with Crippen LogP contribution < -0.4 is 5.32 Å². The van der Waals surface area contributed by atoms with Crippen molar-refractivity contribution in [1.82, 2.24) is 9.80 Å². The highest BCUT2D eigenvalue weighted by Crippen LogP contribution is 2.41. The first-order chi connectivity index (χ1) is 21.4. The Kier molecular flexibility index (Phi) is 8.74. The molecule has 1 unspecified atom stereocenters. The van der Waals surface area contributed by atoms with Gasteiger partial charge in [0.2, 0.25) is 11.8 Å². The number of hydrogen-bond acceptors (Lipinski definition) is 7. The first kappa shape index (κ1) is 29.2. The molecule has 0 radical (unpaired) electrons. The molecule has 3 amide bonds. The van der Waals surface area contributed by atoms with Gasteiger partial charge in [-0.25, -0.2) is 14.2 Å². The molecule has 0 saturated carbocycles. The summed E-state index contributed by atoms with van der Waals surface area (Å²) in [6.45, 7) is 0.764. The minimum absolute atomic E-state index is 0.136. The topological polar surface area (TPSA) is 104 Å². The predicted octanol–water partition coefficient (Wildman–Crippen LogP) is 6.66. The van der Waals surface area contributed by atoms with Gasteiger partial charge in [0.25, 0.3) is 0 Å². The van der Waals surface area contributed by atoms with Crippen LogP contribution in [0.15, 0.2) is 107 Å². The van der Waals surface area contributed by atoms with E-state index in [0.717, 1.165) is 11.1 Å². The number of rotatable bonds is 8. The van der Waals surface area contributed by atoms with Crippen molar-refractivity contribution in [3.05, 3.63) is 120 Å². The molecule has 3 aromatic carbocycles. The number of nitrogens with zero attached hydrogens (tertiary/aromatic N) is 3. The fourth-order valence-electron chi connectivity index (χ4n) is 5.14. The van der Waals surface area contributed by atoms with E-state index in [2.05, 4.69) is 10.3 Å². The van der Waals surface area contributed by atoms with Crippen LogP contribution in [0, 0.1) is 5.82 Å². The van der Waals surface area contributed by atoms with Gasteiger partial charge in [-0.2, -0.15) is 0 Å². The van der Waals surface area contributed by atoms with E-state index in [-0.39, 0.29) is 25.0 Å². The summed E-state index contributed by atoms with van der Waals surface area (Å²) in [6.07, 6.45) is 2.26. The molecule has 9 nitrogen and oxygen atoms in total. The second kappa shape index (κ2) is 13.2. The van der Waals surface area contributed by atoms with Gasteiger partial charge in [0.05, 0.1) is 18.5 Å². The average molecular weight is 613 g/mol. The molecule has 2 saturated heterocycles. The number of benzene rings is 3. The lowest BCUT2D eigenvalue weighted by Gasteiger charge is -2.23. The third-order valence-electron chi connectivity index (χ3n) is 7.35. The van der Waals surface area contributed by atoms with Gasteiger partial charge in [-0.3, -0.25) is 19.4 Å². The second-order valence-corrected chi connectivity index (χ2v) is 11.5. The number of likely N-dealkylation sites (tertiary alicyclic amines) is 1. The standard InChI is InChI=1S/C33H29FN4O5S/c34-24-9-4-10-26(19-24)36-32-38(20-27-11-6-18-42-27)31(40)29(44-32)23-13-15-25(16-14-23)35-30(39)28-12-5-17-37(28)33(41)43-21-22-7-2-1-3-8-22/h1-4,6-11,13-16,18-19,28-29H,5,12,17,20-21H2,(H,35,39)/b36-32-/t28-,29?/m0/s1. The third-order valence-corrected chi connectivity index (χ3v) is 8.58. The number of furan rings is 1. The Hall–Kier alpha value is -4.90. The zero-order valence-corrected chi connectivity index (χ0v) is 24.4. The molecule has 2 atom stereocenters. The third kappa shape index (κ3) is 6.68. The number of nitrogens with one attached hydrogen (secondary N) is 1. The predicted molar refractivity (Wildman–Crippen MR) is 165 cm³/mol. The number of aliphatic imine (C=N–C) groups is 1. The molecule has 0 aliphatic carbocycles. The number of carbonyl (C=O) groups excluding carboxylic acids is 3. The number of carbonyl (C=O) groups is 3. The van der Waals surface area contributed by atoms with Crippen molar-refractivity contribution in [2.75, 3.05) is 11.9 Å². The van der Waals surface area contributed by atoms with Gasteiger partial charge in [0, 0.05) is 12.2 Å². The van der Waals surface area contributed by atoms with E-state index >= 15 is 0 Å². The Morgan fingerprint density at radius 3 is 2.59 bits per heavy atom. The maximum Gasteiger partial charge on any atom is 0.410 e. The van der Waals surface area contributed by atoms with E-state index in [1.807, 2.05) is 30.3 Å². The monoisotopic (exact) mass is 612 g/mol. The molecule has 1 N–H and O–H groups in total. The zero-order valence-electron chi connectivity index (χ0n) is 23.6. The molecule has 44 heavy (non-hydrogen) atoms. The van der Waals surface area contributed by atoms with Crippen molar-refractivity contribution in [3.63, 3.8) is 0 Å². The number of hydrogen-bond donors (Lipinski definition) is 1. The van der Waals surface area contributed by atoms with E-state index in [1.165, 1.54) is 40.0 Å². The van der Waals surface area contributed by atoms with Gasteiger partial charge < -0.3 is 14.5 Å². The van der Waals surface area contributed by atoms with Crippen LogP contribution in [0.1, 0.15) is 35.0 Å². The van der Waals surface area contributed by atoms with Crippen LogP contribution in [0.2, 0.25) is 0 Å². The van der Waals surface area contributed by atoms with Crippen molar-refractivity contribution >= 4 is 46.2 Å². The molecule has 1 aromatic heterocycles. The summed E-state index contributed by atoms with van der Waals surface area (Å²) in [5.74, 6) is -0.312. The molecule has 224 valence electrons. The van der Waals surface area contributed by atoms with Crippen molar-refractivity contribution < 1.29 is 27.9 Å². The van der Waals surface area contributed by atoms with E-state index in [1.54, 1.807) is 48.5 Å². The van der Waals surface area contributed by atoms with Crippen LogP contribution >= 0.6 is 11.8 Å². The lowest BCUT2D eigenvalue weighted by molar-refractivity contribution is -0.126. The van der Waals surface area contributed by atoms with Crippen LogP contribution in [-0.4, -0.2) is 45.5 Å². The maximum absolute atomic E-state index is 13.8. The molecule has 3 heterocycles. The summed E-state index contributed by atoms with van der Waals surface area (Å²) < 4.78 is 24.7.